The van der Waals surface area contributed by atoms with Crippen molar-refractivity contribution in [3.05, 3.63) is 24.3 Å². The number of urea groups is 1. The molecule has 0 aliphatic rings. The molecule has 0 saturated heterocycles. The number of carbonyl (C=O) groups is 2. The number of rotatable bonds is 4. The molecule has 1 aromatic heterocycles. The molecule has 0 unspecified atom stereocenters. The number of nitrogens with two attached hydrogens (primary N) is 1. The number of nitrogens with zero attached hydrogens (tertiary/aromatic N) is 1. The standard InChI is InChI=1S/C11H11N3O3S/c12-10(16)14-9(15)5-6-18-11-13-7-3-1-2-4-8(7)17-11/h1-4H,5-6H2,(H3,12,14,15,16). The van der Waals surface area contributed by atoms with Crippen molar-refractivity contribution in [3.63, 3.8) is 0 Å². The molecular weight excluding hydrogens is 254 g/mol. The van der Waals surface area contributed by atoms with Crippen molar-refractivity contribution in [1.29, 1.82) is 0 Å². The molecule has 94 valence electrons. The summed E-state index contributed by atoms with van der Waals surface area (Å²) in [6.45, 7) is 0. The van der Waals surface area contributed by atoms with E-state index < -0.39 is 11.9 Å². The van der Waals surface area contributed by atoms with Gasteiger partial charge in [0.1, 0.15) is 5.52 Å². The van der Waals surface area contributed by atoms with Gasteiger partial charge in [-0.1, -0.05) is 23.9 Å². The minimum absolute atomic E-state index is 0.173. The molecule has 0 spiro atoms. The Kier molecular flexibility index (Phi) is 3.83. The first-order valence-electron chi connectivity index (χ1n) is 5.23. The summed E-state index contributed by atoms with van der Waals surface area (Å²) in [6.07, 6.45) is 0.173. The highest BCUT2D eigenvalue weighted by Gasteiger charge is 2.08. The zero-order valence-electron chi connectivity index (χ0n) is 9.38. The third-order valence-corrected chi connectivity index (χ3v) is 2.92. The SMILES string of the molecule is NC(=O)NC(=O)CCSc1nc2ccccc2o1. The number of nitrogens with one attached hydrogen (secondary N) is 1. The second-order valence-corrected chi connectivity index (χ2v) is 4.50. The Labute approximate surface area is 107 Å². The molecule has 0 aliphatic carbocycles. The summed E-state index contributed by atoms with van der Waals surface area (Å²) in [6, 6.07) is 6.57. The summed E-state index contributed by atoms with van der Waals surface area (Å²) in [5.41, 5.74) is 6.31. The Bertz CT molecular complexity index is 549. The first kappa shape index (κ1) is 12.4. The van der Waals surface area contributed by atoms with Gasteiger partial charge in [0.15, 0.2) is 5.58 Å². The second-order valence-electron chi connectivity index (χ2n) is 3.46. The van der Waals surface area contributed by atoms with E-state index in [-0.39, 0.29) is 6.42 Å². The van der Waals surface area contributed by atoms with E-state index in [2.05, 4.69) is 4.98 Å². The Morgan fingerprint density at radius 1 is 1.39 bits per heavy atom. The van der Waals surface area contributed by atoms with Crippen LogP contribution in [0.15, 0.2) is 33.9 Å². The predicted molar refractivity (Wildman–Crippen MR) is 67.1 cm³/mol. The molecule has 2 rings (SSSR count). The number of hydrogen-bond donors (Lipinski definition) is 2. The van der Waals surface area contributed by atoms with Gasteiger partial charge in [-0.25, -0.2) is 9.78 Å². The summed E-state index contributed by atoms with van der Waals surface area (Å²) in [7, 11) is 0. The normalized spacial score (nSPS) is 10.4. The lowest BCUT2D eigenvalue weighted by Crippen LogP contribution is -2.35. The molecule has 0 bridgehead atoms. The van der Waals surface area contributed by atoms with E-state index in [0.717, 1.165) is 5.52 Å². The Morgan fingerprint density at radius 3 is 2.89 bits per heavy atom. The van der Waals surface area contributed by atoms with Crippen LogP contribution in [0.3, 0.4) is 0 Å². The molecule has 0 saturated carbocycles. The summed E-state index contributed by atoms with van der Waals surface area (Å²) >= 11 is 1.31. The number of fused-ring (bicyclic) bond motifs is 1. The fourth-order valence-electron chi connectivity index (χ4n) is 1.34. The maximum absolute atomic E-state index is 11.1. The number of hydrogen-bond acceptors (Lipinski definition) is 5. The highest BCUT2D eigenvalue weighted by Crippen LogP contribution is 2.23. The van der Waals surface area contributed by atoms with Crippen LogP contribution in [0.4, 0.5) is 4.79 Å². The van der Waals surface area contributed by atoms with Gasteiger partial charge in [0.05, 0.1) is 0 Å². The molecule has 2 aromatic rings. The molecule has 1 heterocycles. The third-order valence-electron chi connectivity index (χ3n) is 2.09. The number of carbonyl (C=O) groups excluding carboxylic acids is 2. The van der Waals surface area contributed by atoms with Crippen LogP contribution < -0.4 is 11.1 Å². The predicted octanol–water partition coefficient (Wildman–Crippen LogP) is 1.50. The van der Waals surface area contributed by atoms with Crippen LogP contribution in [0, 0.1) is 0 Å². The van der Waals surface area contributed by atoms with Crippen molar-refractivity contribution in [2.24, 2.45) is 5.73 Å². The zero-order valence-corrected chi connectivity index (χ0v) is 10.2. The Morgan fingerprint density at radius 2 is 2.17 bits per heavy atom. The quantitative estimate of drug-likeness (QED) is 0.816. The maximum atomic E-state index is 11.1. The van der Waals surface area contributed by atoms with Gasteiger partial charge in [-0.15, -0.1) is 0 Å². The number of aromatic nitrogens is 1. The smallest absolute Gasteiger partial charge is 0.318 e. The van der Waals surface area contributed by atoms with E-state index in [4.69, 9.17) is 10.2 Å². The van der Waals surface area contributed by atoms with Crippen molar-refractivity contribution >= 4 is 34.8 Å². The van der Waals surface area contributed by atoms with E-state index in [1.807, 2.05) is 29.6 Å². The number of primary amides is 1. The molecule has 0 aliphatic heterocycles. The third kappa shape index (κ3) is 3.24. The van der Waals surface area contributed by atoms with Crippen LogP contribution in [-0.2, 0) is 4.79 Å². The van der Waals surface area contributed by atoms with Crippen molar-refractivity contribution in [2.75, 3.05) is 5.75 Å². The van der Waals surface area contributed by atoms with Gasteiger partial charge in [0.25, 0.3) is 5.22 Å². The molecule has 1 aromatic carbocycles. The van der Waals surface area contributed by atoms with E-state index in [1.165, 1.54) is 11.8 Å². The topological polar surface area (TPSA) is 98.2 Å². The monoisotopic (exact) mass is 265 g/mol. The minimum Gasteiger partial charge on any atom is -0.431 e. The summed E-state index contributed by atoms with van der Waals surface area (Å²) in [4.78, 5) is 25.8. The molecule has 3 amide bonds. The average Bonchev–Trinajstić information content (AvgIpc) is 2.70. The molecule has 6 nitrogen and oxygen atoms in total. The first-order chi connectivity index (χ1) is 8.65. The largest absolute Gasteiger partial charge is 0.431 e. The highest BCUT2D eigenvalue weighted by molar-refractivity contribution is 7.99. The molecule has 0 radical (unpaired) electrons. The Balaban J connectivity index is 1.87. The molecule has 7 heteroatoms. The van der Waals surface area contributed by atoms with Gasteiger partial charge in [-0.05, 0) is 12.1 Å². The number of thioether (sulfide) groups is 1. The summed E-state index contributed by atoms with van der Waals surface area (Å²) < 4.78 is 5.46. The number of oxazole rings is 1. The zero-order chi connectivity index (χ0) is 13.0. The lowest BCUT2D eigenvalue weighted by molar-refractivity contribution is -0.119. The molecule has 18 heavy (non-hydrogen) atoms. The fourth-order valence-corrected chi connectivity index (χ4v) is 2.12. The van der Waals surface area contributed by atoms with Crippen LogP contribution in [-0.4, -0.2) is 22.7 Å². The lowest BCUT2D eigenvalue weighted by Gasteiger charge is -1.98. The number of amides is 3. The van der Waals surface area contributed by atoms with Crippen LogP contribution in [0.25, 0.3) is 11.1 Å². The van der Waals surface area contributed by atoms with Crippen molar-refractivity contribution in [3.8, 4) is 0 Å². The Hall–Kier alpha value is -2.02. The molecule has 0 fully saturated rings. The highest BCUT2D eigenvalue weighted by atomic mass is 32.2. The van der Waals surface area contributed by atoms with Crippen LogP contribution in [0.1, 0.15) is 6.42 Å². The van der Waals surface area contributed by atoms with Crippen LogP contribution in [0.5, 0.6) is 0 Å². The molecule has 0 atom stereocenters. The number of benzene rings is 1. The van der Waals surface area contributed by atoms with Gasteiger partial charge < -0.3 is 10.2 Å². The van der Waals surface area contributed by atoms with Gasteiger partial charge in [-0.2, -0.15) is 0 Å². The average molecular weight is 265 g/mol. The van der Waals surface area contributed by atoms with Crippen molar-refractivity contribution < 1.29 is 14.0 Å². The lowest BCUT2D eigenvalue weighted by atomic mass is 10.3. The van der Waals surface area contributed by atoms with Crippen LogP contribution in [0.2, 0.25) is 0 Å². The second kappa shape index (κ2) is 5.54. The first-order valence-corrected chi connectivity index (χ1v) is 6.21. The van der Waals surface area contributed by atoms with E-state index >= 15 is 0 Å². The van der Waals surface area contributed by atoms with E-state index in [0.29, 0.717) is 16.6 Å². The van der Waals surface area contributed by atoms with Gasteiger partial charge in [0, 0.05) is 12.2 Å². The van der Waals surface area contributed by atoms with Gasteiger partial charge >= 0.3 is 6.03 Å². The van der Waals surface area contributed by atoms with Crippen LogP contribution >= 0.6 is 11.8 Å². The molecular formula is C11H11N3O3S. The summed E-state index contributed by atoms with van der Waals surface area (Å²) in [5, 5.41) is 2.49. The minimum atomic E-state index is -0.841. The van der Waals surface area contributed by atoms with Crippen molar-refractivity contribution in [2.45, 2.75) is 11.6 Å². The molecule has 3 N–H and O–H groups in total. The van der Waals surface area contributed by atoms with Gasteiger partial charge in [0.2, 0.25) is 5.91 Å². The van der Waals surface area contributed by atoms with E-state index in [9.17, 15) is 9.59 Å². The maximum Gasteiger partial charge on any atom is 0.318 e. The number of imide groups is 1. The van der Waals surface area contributed by atoms with E-state index in [1.54, 1.807) is 0 Å². The van der Waals surface area contributed by atoms with Crippen molar-refractivity contribution in [1.82, 2.24) is 10.3 Å². The number of para-hydroxylation sites is 2. The van der Waals surface area contributed by atoms with Gasteiger partial charge in [-0.3, -0.25) is 10.1 Å². The summed E-state index contributed by atoms with van der Waals surface area (Å²) in [5.74, 6) is 0.0532. The fraction of sp³-hybridized carbons (Fsp3) is 0.182.